The number of anilines is 1. The van der Waals surface area contributed by atoms with Crippen LogP contribution in [0, 0.1) is 5.82 Å². The highest BCUT2D eigenvalue weighted by atomic mass is 32.2. The molecule has 1 aromatic carbocycles. The van der Waals surface area contributed by atoms with E-state index in [1.807, 2.05) is 24.3 Å². The van der Waals surface area contributed by atoms with Crippen molar-refractivity contribution in [3.63, 3.8) is 0 Å². The maximum atomic E-state index is 13.6. The number of hydrogen-bond donors (Lipinski definition) is 1. The first-order chi connectivity index (χ1) is 7.57. The Bertz CT molecular complexity index is 382. The molecule has 0 heterocycles. The Labute approximate surface area is 105 Å². The summed E-state index contributed by atoms with van der Waals surface area (Å²) in [5, 5.41) is 0. The van der Waals surface area contributed by atoms with Crippen molar-refractivity contribution in [1.82, 2.24) is 0 Å². The first-order valence-corrected chi connectivity index (χ1v) is 6.66. The van der Waals surface area contributed by atoms with Crippen molar-refractivity contribution in [3.05, 3.63) is 29.6 Å². The lowest BCUT2D eigenvalue weighted by Crippen LogP contribution is -2.25. The number of thioether (sulfide) groups is 1. The van der Waals surface area contributed by atoms with Crippen LogP contribution in [0.1, 0.15) is 5.56 Å². The van der Waals surface area contributed by atoms with Crippen LogP contribution in [0.3, 0.4) is 0 Å². The van der Waals surface area contributed by atoms with E-state index in [0.29, 0.717) is 5.56 Å². The summed E-state index contributed by atoms with van der Waals surface area (Å²) in [7, 11) is 1.91. The van der Waals surface area contributed by atoms with Gasteiger partial charge in [0.05, 0.1) is 5.56 Å². The number of rotatable bonds is 5. The summed E-state index contributed by atoms with van der Waals surface area (Å²) >= 11 is 6.62. The van der Waals surface area contributed by atoms with Crippen LogP contribution < -0.4 is 10.6 Å². The summed E-state index contributed by atoms with van der Waals surface area (Å²) in [4.78, 5) is 2.07. The molecule has 0 saturated heterocycles. The Balaban J connectivity index is 3.02. The summed E-state index contributed by atoms with van der Waals surface area (Å²) < 4.78 is 13.6. The molecule has 1 rings (SSSR count). The van der Waals surface area contributed by atoms with E-state index >= 15 is 0 Å². The molecular formula is C11H15FN2S2. The molecule has 0 aromatic heterocycles. The highest BCUT2D eigenvalue weighted by Crippen LogP contribution is 2.22. The smallest absolute Gasteiger partial charge is 0.135 e. The van der Waals surface area contributed by atoms with Gasteiger partial charge < -0.3 is 10.6 Å². The van der Waals surface area contributed by atoms with Crippen molar-refractivity contribution in [2.24, 2.45) is 5.73 Å². The summed E-state index contributed by atoms with van der Waals surface area (Å²) in [6.45, 7) is 0.834. The lowest BCUT2D eigenvalue weighted by atomic mass is 10.1. The van der Waals surface area contributed by atoms with Gasteiger partial charge in [-0.25, -0.2) is 4.39 Å². The van der Waals surface area contributed by atoms with Crippen LogP contribution in [0.25, 0.3) is 0 Å². The Morgan fingerprint density at radius 3 is 2.81 bits per heavy atom. The van der Waals surface area contributed by atoms with E-state index in [1.54, 1.807) is 17.8 Å². The van der Waals surface area contributed by atoms with Crippen molar-refractivity contribution in [3.8, 4) is 0 Å². The highest BCUT2D eigenvalue weighted by Gasteiger charge is 2.13. The molecule has 0 saturated carbocycles. The van der Waals surface area contributed by atoms with Crippen molar-refractivity contribution >= 4 is 34.7 Å². The minimum Gasteiger partial charge on any atom is -0.389 e. The van der Waals surface area contributed by atoms with Crippen LogP contribution in [0.5, 0.6) is 0 Å². The van der Waals surface area contributed by atoms with E-state index in [9.17, 15) is 4.39 Å². The number of benzene rings is 1. The highest BCUT2D eigenvalue weighted by molar-refractivity contribution is 7.98. The van der Waals surface area contributed by atoms with Crippen LogP contribution in [0.4, 0.5) is 10.1 Å². The van der Waals surface area contributed by atoms with E-state index in [0.717, 1.165) is 18.0 Å². The van der Waals surface area contributed by atoms with Crippen LogP contribution in [-0.4, -0.2) is 30.6 Å². The fraction of sp³-hybridized carbons (Fsp3) is 0.364. The maximum absolute atomic E-state index is 13.6. The molecule has 88 valence electrons. The molecule has 5 heteroatoms. The molecule has 0 aliphatic rings. The second-order valence-corrected chi connectivity index (χ2v) is 4.84. The van der Waals surface area contributed by atoms with Gasteiger partial charge in [-0.2, -0.15) is 11.8 Å². The molecule has 0 fully saturated rings. The second kappa shape index (κ2) is 6.06. The van der Waals surface area contributed by atoms with Gasteiger partial charge in [0, 0.05) is 25.0 Å². The molecule has 1 aromatic rings. The van der Waals surface area contributed by atoms with Crippen molar-refractivity contribution in [2.45, 2.75) is 0 Å². The number of nitrogens with zero attached hydrogens (tertiary/aromatic N) is 1. The van der Waals surface area contributed by atoms with Gasteiger partial charge in [-0.05, 0) is 18.4 Å². The third-order valence-corrected chi connectivity index (χ3v) is 3.08. The molecule has 0 atom stereocenters. The van der Waals surface area contributed by atoms with Crippen LogP contribution in [-0.2, 0) is 0 Å². The molecule has 0 aliphatic carbocycles. The Morgan fingerprint density at radius 2 is 2.25 bits per heavy atom. The summed E-state index contributed by atoms with van der Waals surface area (Å²) in [6.07, 6.45) is 2.04. The van der Waals surface area contributed by atoms with Gasteiger partial charge in [0.15, 0.2) is 0 Å². The first kappa shape index (κ1) is 13.3. The third kappa shape index (κ3) is 3.09. The van der Waals surface area contributed by atoms with Gasteiger partial charge >= 0.3 is 0 Å². The molecule has 2 nitrogen and oxygen atoms in total. The molecule has 0 amide bonds. The lowest BCUT2D eigenvalue weighted by Gasteiger charge is -2.21. The van der Waals surface area contributed by atoms with Crippen LogP contribution >= 0.6 is 24.0 Å². The molecule has 0 aliphatic heterocycles. The number of thiocarbonyl (C=S) groups is 1. The van der Waals surface area contributed by atoms with Crippen LogP contribution in [0.2, 0.25) is 0 Å². The molecule has 0 radical (unpaired) electrons. The molecular weight excluding hydrogens is 243 g/mol. The van der Waals surface area contributed by atoms with E-state index in [-0.39, 0.29) is 10.8 Å². The van der Waals surface area contributed by atoms with Gasteiger partial charge in [0.2, 0.25) is 0 Å². The Morgan fingerprint density at radius 1 is 1.56 bits per heavy atom. The zero-order valence-electron chi connectivity index (χ0n) is 9.37. The molecule has 2 N–H and O–H groups in total. The van der Waals surface area contributed by atoms with E-state index < -0.39 is 0 Å². The van der Waals surface area contributed by atoms with Crippen molar-refractivity contribution in [2.75, 3.05) is 30.5 Å². The Hall–Kier alpha value is -0.810. The predicted octanol–water partition coefficient (Wildman–Crippen LogP) is 2.26. The lowest BCUT2D eigenvalue weighted by molar-refractivity contribution is 0.625. The van der Waals surface area contributed by atoms with Gasteiger partial charge in [-0.3, -0.25) is 0 Å². The average Bonchev–Trinajstić information content (AvgIpc) is 2.24. The average molecular weight is 258 g/mol. The monoisotopic (exact) mass is 258 g/mol. The summed E-state index contributed by atoms with van der Waals surface area (Å²) in [5.74, 6) is 0.616. The predicted molar refractivity (Wildman–Crippen MR) is 73.9 cm³/mol. The normalized spacial score (nSPS) is 10.2. The maximum Gasteiger partial charge on any atom is 0.135 e. The first-order valence-electron chi connectivity index (χ1n) is 4.86. The van der Waals surface area contributed by atoms with Gasteiger partial charge in [0.25, 0.3) is 0 Å². The van der Waals surface area contributed by atoms with Gasteiger partial charge in [-0.15, -0.1) is 0 Å². The minimum absolute atomic E-state index is 0.101. The fourth-order valence-corrected chi connectivity index (χ4v) is 2.08. The molecule has 0 unspecified atom stereocenters. The largest absolute Gasteiger partial charge is 0.389 e. The fourth-order valence-electron chi connectivity index (χ4n) is 1.42. The van der Waals surface area contributed by atoms with Gasteiger partial charge in [0.1, 0.15) is 10.8 Å². The van der Waals surface area contributed by atoms with E-state index in [1.165, 1.54) is 6.07 Å². The summed E-state index contributed by atoms with van der Waals surface area (Å²) in [6, 6.07) is 4.88. The van der Waals surface area contributed by atoms with E-state index in [2.05, 4.69) is 0 Å². The minimum atomic E-state index is -0.360. The zero-order valence-corrected chi connectivity index (χ0v) is 11.0. The van der Waals surface area contributed by atoms with Crippen LogP contribution in [0.15, 0.2) is 18.2 Å². The third-order valence-electron chi connectivity index (χ3n) is 2.28. The number of nitrogens with two attached hydrogens (primary N) is 1. The quantitative estimate of drug-likeness (QED) is 0.820. The number of halogens is 1. The molecule has 0 spiro atoms. The molecule has 16 heavy (non-hydrogen) atoms. The Kier molecular flexibility index (Phi) is 5.02. The van der Waals surface area contributed by atoms with Crippen molar-refractivity contribution in [1.29, 1.82) is 0 Å². The summed E-state index contributed by atoms with van der Waals surface area (Å²) in [5.41, 5.74) is 6.63. The van der Waals surface area contributed by atoms with E-state index in [4.69, 9.17) is 18.0 Å². The van der Waals surface area contributed by atoms with Crippen molar-refractivity contribution < 1.29 is 4.39 Å². The molecule has 0 bridgehead atoms. The SMILES string of the molecule is CSCCN(C)c1cccc(F)c1C(N)=S. The zero-order chi connectivity index (χ0) is 12.1. The standard InChI is InChI=1S/C11H15FN2S2/c1-14(6-7-16-2)9-5-3-4-8(12)10(9)11(13)15/h3-5H,6-7H2,1-2H3,(H2,13,15). The van der Waals surface area contributed by atoms with Gasteiger partial charge in [-0.1, -0.05) is 18.3 Å². The number of hydrogen-bond acceptors (Lipinski definition) is 3. The second-order valence-electron chi connectivity index (χ2n) is 3.41. The topological polar surface area (TPSA) is 29.3 Å².